The average molecular weight is 195 g/mol. The molecule has 0 aromatic carbocycles. The maximum atomic E-state index is 4.04. The van der Waals surface area contributed by atoms with Crippen molar-refractivity contribution in [3.8, 4) is 0 Å². The summed E-state index contributed by atoms with van der Waals surface area (Å²) < 4.78 is 0. The molecule has 82 valence electrons. The largest absolute Gasteiger partial charge is 0.385 e. The van der Waals surface area contributed by atoms with Crippen molar-refractivity contribution in [3.05, 3.63) is 23.9 Å². The van der Waals surface area contributed by atoms with Crippen molar-refractivity contribution >= 4 is 0 Å². The molecule has 0 aliphatic heterocycles. The molecule has 0 aromatic heterocycles. The van der Waals surface area contributed by atoms with Gasteiger partial charge < -0.3 is 5.32 Å². The molecule has 0 aromatic rings. The van der Waals surface area contributed by atoms with Gasteiger partial charge in [0.15, 0.2) is 0 Å². The van der Waals surface area contributed by atoms with Gasteiger partial charge in [-0.1, -0.05) is 52.3 Å². The van der Waals surface area contributed by atoms with Crippen LogP contribution < -0.4 is 5.32 Å². The molecule has 1 nitrogen and oxygen atoms in total. The molecule has 0 atom stereocenters. The summed E-state index contributed by atoms with van der Waals surface area (Å²) in [6.45, 7) is 15.9. The monoisotopic (exact) mass is 195 g/mol. The van der Waals surface area contributed by atoms with Gasteiger partial charge in [0.05, 0.1) is 0 Å². The lowest BCUT2D eigenvalue weighted by Gasteiger charge is -2.23. The first-order valence-corrected chi connectivity index (χ1v) is 5.46. The van der Waals surface area contributed by atoms with E-state index in [1.54, 1.807) is 0 Å². The van der Waals surface area contributed by atoms with Crippen molar-refractivity contribution < 1.29 is 0 Å². The molecule has 0 rings (SSSR count). The van der Waals surface area contributed by atoms with Crippen molar-refractivity contribution in [2.75, 3.05) is 6.54 Å². The molecule has 0 amide bonds. The summed E-state index contributed by atoms with van der Waals surface area (Å²) in [4.78, 5) is 0. The van der Waals surface area contributed by atoms with Crippen LogP contribution in [0.4, 0.5) is 0 Å². The van der Waals surface area contributed by atoms with Crippen LogP contribution in [0.1, 0.15) is 47.5 Å². The second kappa shape index (κ2) is 5.90. The van der Waals surface area contributed by atoms with Gasteiger partial charge in [-0.2, -0.15) is 0 Å². The van der Waals surface area contributed by atoms with Gasteiger partial charge in [-0.05, 0) is 13.3 Å². The third-order valence-corrected chi connectivity index (χ3v) is 2.27. The lowest BCUT2D eigenvalue weighted by Crippen LogP contribution is -2.24. The summed E-state index contributed by atoms with van der Waals surface area (Å²) in [5.74, 6) is 0. The highest BCUT2D eigenvalue weighted by Crippen LogP contribution is 2.20. The number of nitrogens with one attached hydrogen (secondary N) is 1. The average Bonchev–Trinajstić information content (AvgIpc) is 2.09. The van der Waals surface area contributed by atoms with Gasteiger partial charge in [0.1, 0.15) is 0 Å². The Balaban J connectivity index is 3.89. The number of allylic oxidation sites excluding steroid dienone is 2. The first kappa shape index (κ1) is 13.3. The Bertz CT molecular complexity index is 206. The predicted octanol–water partition coefficient (Wildman–Crippen LogP) is 3.88. The number of unbranched alkanes of at least 4 members (excludes halogenated alkanes) is 1. The molecule has 0 saturated heterocycles. The Morgan fingerprint density at radius 1 is 1.36 bits per heavy atom. The van der Waals surface area contributed by atoms with Crippen LogP contribution in [-0.4, -0.2) is 6.54 Å². The van der Waals surface area contributed by atoms with Crippen molar-refractivity contribution in [3.63, 3.8) is 0 Å². The van der Waals surface area contributed by atoms with Gasteiger partial charge in [-0.25, -0.2) is 0 Å². The van der Waals surface area contributed by atoms with Gasteiger partial charge >= 0.3 is 0 Å². The molecule has 0 fully saturated rings. The molecule has 0 unspecified atom stereocenters. The van der Waals surface area contributed by atoms with Crippen LogP contribution in [0.15, 0.2) is 23.9 Å². The zero-order chi connectivity index (χ0) is 11.2. The summed E-state index contributed by atoms with van der Waals surface area (Å²) in [5, 5.41) is 3.37. The van der Waals surface area contributed by atoms with Crippen molar-refractivity contribution in [2.24, 2.45) is 5.41 Å². The molecule has 0 saturated carbocycles. The predicted molar refractivity (Wildman–Crippen MR) is 65.3 cm³/mol. The molecule has 0 aliphatic rings. The fourth-order valence-corrected chi connectivity index (χ4v) is 0.974. The van der Waals surface area contributed by atoms with E-state index in [2.05, 4.69) is 52.6 Å². The first-order valence-electron chi connectivity index (χ1n) is 5.46. The molecule has 0 radical (unpaired) electrons. The van der Waals surface area contributed by atoms with E-state index in [1.807, 2.05) is 0 Å². The van der Waals surface area contributed by atoms with Crippen LogP contribution >= 0.6 is 0 Å². The summed E-state index contributed by atoms with van der Waals surface area (Å²) in [6.07, 6.45) is 4.69. The van der Waals surface area contributed by atoms with Gasteiger partial charge in [0.25, 0.3) is 0 Å². The second-order valence-corrected chi connectivity index (χ2v) is 4.92. The van der Waals surface area contributed by atoms with Crippen LogP contribution in [0.2, 0.25) is 0 Å². The summed E-state index contributed by atoms with van der Waals surface area (Å²) in [7, 11) is 0. The normalized spacial score (nSPS) is 12.8. The minimum absolute atomic E-state index is 0.158. The highest BCUT2D eigenvalue weighted by Gasteiger charge is 2.13. The molecule has 14 heavy (non-hydrogen) atoms. The molecule has 1 N–H and O–H groups in total. The lowest BCUT2D eigenvalue weighted by molar-refractivity contribution is 0.468. The Morgan fingerprint density at radius 3 is 2.36 bits per heavy atom. The molecule has 0 heterocycles. The first-order chi connectivity index (χ1) is 6.38. The molecular weight excluding hydrogens is 170 g/mol. The van der Waals surface area contributed by atoms with Crippen molar-refractivity contribution in [2.45, 2.75) is 47.5 Å². The number of rotatable bonds is 5. The number of hydrogen-bond donors (Lipinski definition) is 1. The quantitative estimate of drug-likeness (QED) is 0.656. The maximum Gasteiger partial charge on any atom is 0.0354 e. The van der Waals surface area contributed by atoms with E-state index in [0.29, 0.717) is 0 Å². The molecular formula is C13H25N. The fourth-order valence-electron chi connectivity index (χ4n) is 0.974. The lowest BCUT2D eigenvalue weighted by atomic mass is 9.93. The maximum absolute atomic E-state index is 4.04. The van der Waals surface area contributed by atoms with Gasteiger partial charge in [-0.3, -0.25) is 0 Å². The third kappa shape index (κ3) is 5.85. The minimum Gasteiger partial charge on any atom is -0.385 e. The SMILES string of the molecule is C=C(NC/C(C)=C/CCC)C(C)(C)C. The van der Waals surface area contributed by atoms with Crippen molar-refractivity contribution in [1.82, 2.24) is 5.32 Å². The van der Waals surface area contributed by atoms with E-state index in [9.17, 15) is 0 Å². The minimum atomic E-state index is 0.158. The molecule has 1 heteroatoms. The fraction of sp³-hybridized carbons (Fsp3) is 0.692. The van der Waals surface area contributed by atoms with E-state index in [4.69, 9.17) is 0 Å². The van der Waals surface area contributed by atoms with Gasteiger partial charge in [0, 0.05) is 17.7 Å². The van der Waals surface area contributed by atoms with Crippen LogP contribution in [0, 0.1) is 5.41 Å². The second-order valence-electron chi connectivity index (χ2n) is 4.92. The molecule has 0 bridgehead atoms. The van der Waals surface area contributed by atoms with Gasteiger partial charge in [0.2, 0.25) is 0 Å². The summed E-state index contributed by atoms with van der Waals surface area (Å²) in [5.41, 5.74) is 2.67. The molecule has 0 aliphatic carbocycles. The highest BCUT2D eigenvalue weighted by molar-refractivity contribution is 5.08. The standard InChI is InChI=1S/C13H25N/c1-7-8-9-11(2)10-14-12(3)13(4,5)6/h9,14H,3,7-8,10H2,1-2,4-6H3/b11-9+. The Morgan fingerprint density at radius 2 is 1.93 bits per heavy atom. The third-order valence-electron chi connectivity index (χ3n) is 2.27. The van der Waals surface area contributed by atoms with E-state index < -0.39 is 0 Å². The number of hydrogen-bond acceptors (Lipinski definition) is 1. The van der Waals surface area contributed by atoms with Gasteiger partial charge in [-0.15, -0.1) is 0 Å². The topological polar surface area (TPSA) is 12.0 Å². The zero-order valence-corrected chi connectivity index (χ0v) is 10.4. The highest BCUT2D eigenvalue weighted by atomic mass is 14.9. The summed E-state index contributed by atoms with van der Waals surface area (Å²) in [6, 6.07) is 0. The zero-order valence-electron chi connectivity index (χ0n) is 10.4. The van der Waals surface area contributed by atoms with Crippen LogP contribution in [0.25, 0.3) is 0 Å². The Kier molecular flexibility index (Phi) is 5.59. The van der Waals surface area contributed by atoms with E-state index in [1.165, 1.54) is 18.4 Å². The van der Waals surface area contributed by atoms with Crippen LogP contribution in [0.3, 0.4) is 0 Å². The van der Waals surface area contributed by atoms with E-state index in [0.717, 1.165) is 12.2 Å². The van der Waals surface area contributed by atoms with E-state index in [-0.39, 0.29) is 5.41 Å². The van der Waals surface area contributed by atoms with Crippen molar-refractivity contribution in [1.29, 1.82) is 0 Å². The smallest absolute Gasteiger partial charge is 0.0354 e. The summed E-state index contributed by atoms with van der Waals surface area (Å²) >= 11 is 0. The Labute approximate surface area is 89.3 Å². The van der Waals surface area contributed by atoms with Crippen LogP contribution in [0.5, 0.6) is 0 Å². The Hall–Kier alpha value is -0.720. The van der Waals surface area contributed by atoms with E-state index >= 15 is 0 Å². The molecule has 0 spiro atoms. The van der Waals surface area contributed by atoms with Crippen LogP contribution in [-0.2, 0) is 0 Å².